The molecular formula is C19H14ClN3OS3. The summed E-state index contributed by atoms with van der Waals surface area (Å²) in [4.78, 5) is 16.4. The molecule has 0 aliphatic heterocycles. The second kappa shape index (κ2) is 6.83. The highest BCUT2D eigenvalue weighted by Crippen LogP contribution is 2.26. The average molecular weight is 432 g/mol. The first kappa shape index (κ1) is 18.3. The molecule has 0 unspecified atom stereocenters. The van der Waals surface area contributed by atoms with Crippen LogP contribution in [0, 0.1) is 22.6 Å². The van der Waals surface area contributed by atoms with Crippen LogP contribution in [0.5, 0.6) is 0 Å². The zero-order valence-corrected chi connectivity index (χ0v) is 17.7. The van der Waals surface area contributed by atoms with Crippen LogP contribution in [0.25, 0.3) is 21.7 Å². The largest absolute Gasteiger partial charge is 0.316 e. The minimum atomic E-state index is -0.177. The maximum Gasteiger partial charge on any atom is 0.278 e. The van der Waals surface area contributed by atoms with Gasteiger partial charge in [-0.25, -0.2) is 0 Å². The summed E-state index contributed by atoms with van der Waals surface area (Å²) < 4.78 is 4.78. The molecule has 0 saturated carbocycles. The van der Waals surface area contributed by atoms with Crippen LogP contribution in [0.15, 0.2) is 47.3 Å². The summed E-state index contributed by atoms with van der Waals surface area (Å²) in [5, 5.41) is 0.680. The van der Waals surface area contributed by atoms with Crippen LogP contribution in [-0.4, -0.2) is 14.1 Å². The first-order chi connectivity index (χ1) is 12.9. The van der Waals surface area contributed by atoms with Gasteiger partial charge < -0.3 is 4.98 Å². The number of halogens is 1. The fraction of sp³-hybridized carbons (Fsp3) is 0.105. The van der Waals surface area contributed by atoms with E-state index in [1.165, 1.54) is 15.9 Å². The normalized spacial score (nSPS) is 11.2. The third-order valence-corrected chi connectivity index (χ3v) is 6.46. The van der Waals surface area contributed by atoms with E-state index in [4.69, 9.17) is 36.0 Å². The molecule has 4 rings (SSSR count). The van der Waals surface area contributed by atoms with Crippen molar-refractivity contribution in [3.63, 3.8) is 0 Å². The number of hydrogen-bond donors (Lipinski definition) is 1. The maximum absolute atomic E-state index is 13.2. The van der Waals surface area contributed by atoms with E-state index in [1.54, 1.807) is 0 Å². The molecular weight excluding hydrogens is 418 g/mol. The molecule has 2 heterocycles. The van der Waals surface area contributed by atoms with Gasteiger partial charge in [-0.1, -0.05) is 41.1 Å². The van der Waals surface area contributed by atoms with Gasteiger partial charge in [0.25, 0.3) is 5.56 Å². The maximum atomic E-state index is 13.2. The fourth-order valence-electron chi connectivity index (χ4n) is 3.02. The molecule has 2 aromatic heterocycles. The lowest BCUT2D eigenvalue weighted by Crippen LogP contribution is -2.21. The Morgan fingerprint density at radius 2 is 1.78 bits per heavy atom. The topological polar surface area (TPSA) is 42.7 Å². The van der Waals surface area contributed by atoms with Crippen LogP contribution >= 0.6 is 47.4 Å². The third-order valence-electron chi connectivity index (χ3n) is 4.39. The number of rotatable bonds is 2. The van der Waals surface area contributed by atoms with Crippen molar-refractivity contribution >= 4 is 57.7 Å². The van der Waals surface area contributed by atoms with E-state index >= 15 is 0 Å². The summed E-state index contributed by atoms with van der Waals surface area (Å²) in [7, 11) is 0. The Morgan fingerprint density at radius 1 is 1.04 bits per heavy atom. The molecule has 1 N–H and O–H groups in total. The molecule has 0 radical (unpaired) electrons. The zero-order valence-electron chi connectivity index (χ0n) is 14.4. The van der Waals surface area contributed by atoms with E-state index in [0.29, 0.717) is 24.1 Å². The van der Waals surface area contributed by atoms with Crippen molar-refractivity contribution in [1.29, 1.82) is 0 Å². The van der Waals surface area contributed by atoms with E-state index in [2.05, 4.69) is 4.98 Å². The Labute approximate surface area is 174 Å². The van der Waals surface area contributed by atoms with Crippen LogP contribution in [0.4, 0.5) is 0 Å². The minimum Gasteiger partial charge on any atom is -0.316 e. The molecule has 0 fully saturated rings. The molecule has 0 saturated heterocycles. The average Bonchev–Trinajstić information content (AvgIpc) is 2.95. The van der Waals surface area contributed by atoms with Gasteiger partial charge in [-0.3, -0.25) is 13.9 Å². The second-order valence-electron chi connectivity index (χ2n) is 6.17. The molecule has 0 spiro atoms. The Hall–Kier alpha value is -2.06. The van der Waals surface area contributed by atoms with Crippen LogP contribution in [-0.2, 0) is 0 Å². The van der Waals surface area contributed by atoms with Gasteiger partial charge in [0.15, 0.2) is 8.73 Å². The van der Waals surface area contributed by atoms with Gasteiger partial charge in [-0.05, 0) is 73.7 Å². The SMILES string of the molecule is Cc1cc(-n2c(=S)sc3c(=O)n(-c4ccccc4C)c(=S)[nH]c32)ccc1Cl. The fourth-order valence-corrected chi connectivity index (χ4v) is 4.74. The monoisotopic (exact) mass is 431 g/mol. The summed E-state index contributed by atoms with van der Waals surface area (Å²) in [6.07, 6.45) is 0. The Balaban J connectivity index is 2.07. The van der Waals surface area contributed by atoms with Crippen LogP contribution in [0.1, 0.15) is 11.1 Å². The van der Waals surface area contributed by atoms with Gasteiger partial charge in [0.1, 0.15) is 10.3 Å². The summed E-state index contributed by atoms with van der Waals surface area (Å²) in [6.45, 7) is 3.88. The quantitative estimate of drug-likeness (QED) is 0.402. The summed E-state index contributed by atoms with van der Waals surface area (Å²) in [5.41, 5.74) is 3.93. The van der Waals surface area contributed by atoms with E-state index in [1.807, 2.05) is 60.9 Å². The first-order valence-electron chi connectivity index (χ1n) is 8.12. The van der Waals surface area contributed by atoms with Crippen molar-refractivity contribution in [2.45, 2.75) is 13.8 Å². The van der Waals surface area contributed by atoms with Crippen LogP contribution in [0.2, 0.25) is 5.02 Å². The summed E-state index contributed by atoms with van der Waals surface area (Å²) in [5.74, 6) is 0. The Bertz CT molecular complexity index is 1380. The Morgan fingerprint density at radius 3 is 2.48 bits per heavy atom. The zero-order chi connectivity index (χ0) is 19.3. The molecule has 4 aromatic rings. The lowest BCUT2D eigenvalue weighted by Gasteiger charge is -2.11. The number of nitrogens with zero attached hydrogens (tertiary/aromatic N) is 2. The van der Waals surface area contributed by atoms with E-state index in [-0.39, 0.29) is 5.56 Å². The predicted molar refractivity (Wildman–Crippen MR) is 117 cm³/mol. The lowest BCUT2D eigenvalue weighted by atomic mass is 10.2. The second-order valence-corrected chi connectivity index (χ2v) is 8.61. The number of aromatic amines is 1. The number of para-hydroxylation sites is 1. The highest BCUT2D eigenvalue weighted by atomic mass is 35.5. The van der Waals surface area contributed by atoms with Gasteiger partial charge in [0.2, 0.25) is 0 Å². The van der Waals surface area contributed by atoms with Crippen molar-refractivity contribution in [3.8, 4) is 11.4 Å². The third kappa shape index (κ3) is 3.00. The molecule has 0 aliphatic carbocycles. The van der Waals surface area contributed by atoms with Crippen molar-refractivity contribution in [2.75, 3.05) is 0 Å². The number of nitrogens with one attached hydrogen (secondary N) is 1. The van der Waals surface area contributed by atoms with E-state index < -0.39 is 0 Å². The number of aryl methyl sites for hydroxylation is 2. The van der Waals surface area contributed by atoms with Gasteiger partial charge in [-0.2, -0.15) is 0 Å². The van der Waals surface area contributed by atoms with Crippen molar-refractivity contribution in [2.24, 2.45) is 0 Å². The highest BCUT2D eigenvalue weighted by Gasteiger charge is 2.16. The first-order valence-corrected chi connectivity index (χ1v) is 10.1. The standard InChI is InChI=1S/C19H14ClN3OS3/c1-10-5-3-4-6-14(10)23-17(24)15-16(21-18(23)25)22(19(26)27-15)12-7-8-13(20)11(2)9-12/h3-9H,1-2H3,(H,21,25). The number of thiazole rings is 1. The highest BCUT2D eigenvalue weighted by molar-refractivity contribution is 7.73. The molecule has 0 aliphatic rings. The van der Waals surface area contributed by atoms with Gasteiger partial charge >= 0.3 is 0 Å². The summed E-state index contributed by atoms with van der Waals surface area (Å²) >= 11 is 18.5. The molecule has 0 amide bonds. The molecule has 2 aromatic carbocycles. The van der Waals surface area contributed by atoms with Gasteiger partial charge in [0.05, 0.1) is 5.69 Å². The number of fused-ring (bicyclic) bond motifs is 1. The molecule has 136 valence electrons. The van der Waals surface area contributed by atoms with Gasteiger partial charge in [0, 0.05) is 10.7 Å². The number of benzene rings is 2. The van der Waals surface area contributed by atoms with E-state index in [9.17, 15) is 4.79 Å². The van der Waals surface area contributed by atoms with Crippen molar-refractivity contribution in [1.82, 2.24) is 14.1 Å². The number of hydrogen-bond acceptors (Lipinski definition) is 4. The van der Waals surface area contributed by atoms with Gasteiger partial charge in [-0.15, -0.1) is 0 Å². The number of aromatic nitrogens is 3. The molecule has 0 atom stereocenters. The Kier molecular flexibility index (Phi) is 4.63. The summed E-state index contributed by atoms with van der Waals surface area (Å²) in [6, 6.07) is 13.3. The number of H-pyrrole nitrogens is 1. The van der Waals surface area contributed by atoms with Crippen molar-refractivity contribution in [3.05, 3.63) is 77.7 Å². The predicted octanol–water partition coefficient (Wildman–Crippen LogP) is 5.90. The molecule has 0 bridgehead atoms. The minimum absolute atomic E-state index is 0.177. The van der Waals surface area contributed by atoms with Crippen molar-refractivity contribution < 1.29 is 0 Å². The lowest BCUT2D eigenvalue weighted by molar-refractivity contribution is 0.919. The molecule has 4 nitrogen and oxygen atoms in total. The smallest absolute Gasteiger partial charge is 0.278 e. The van der Waals surface area contributed by atoms with Crippen LogP contribution in [0.3, 0.4) is 0 Å². The van der Waals surface area contributed by atoms with Crippen LogP contribution < -0.4 is 5.56 Å². The molecule has 27 heavy (non-hydrogen) atoms. The molecule has 8 heteroatoms. The van der Waals surface area contributed by atoms with E-state index in [0.717, 1.165) is 22.5 Å².